The number of hydrazone groups is 1. The lowest BCUT2D eigenvalue weighted by atomic mass is 10.2. The molecule has 0 aliphatic rings. The molecule has 10 heteroatoms. The van der Waals surface area contributed by atoms with Crippen LogP contribution in [0, 0.1) is 6.92 Å². The highest BCUT2D eigenvalue weighted by Gasteiger charge is 2.12. The number of thioether (sulfide) groups is 1. The largest absolute Gasteiger partial charge is 0.378 e. The number of nitrogens with zero attached hydrogens (tertiary/aromatic N) is 5. The number of amides is 1. The summed E-state index contributed by atoms with van der Waals surface area (Å²) in [5.41, 5.74) is 6.63. The van der Waals surface area contributed by atoms with Gasteiger partial charge < -0.3 is 16.1 Å². The Morgan fingerprint density at radius 1 is 1.23 bits per heavy atom. The molecule has 0 saturated carbocycles. The highest BCUT2D eigenvalue weighted by Crippen LogP contribution is 2.18. The van der Waals surface area contributed by atoms with Gasteiger partial charge in [-0.15, -0.1) is 10.2 Å². The van der Waals surface area contributed by atoms with Gasteiger partial charge in [0.2, 0.25) is 11.1 Å². The summed E-state index contributed by atoms with van der Waals surface area (Å²) in [6.07, 6.45) is 1.66. The van der Waals surface area contributed by atoms with Crippen LogP contribution in [0.15, 0.2) is 58.8 Å². The minimum atomic E-state index is -0.151. The third-order valence-corrected chi connectivity index (χ3v) is 5.03. The van der Waals surface area contributed by atoms with Crippen LogP contribution < -0.4 is 21.5 Å². The highest BCUT2D eigenvalue weighted by atomic mass is 32.2. The van der Waals surface area contributed by atoms with E-state index in [9.17, 15) is 4.79 Å². The van der Waals surface area contributed by atoms with Crippen LogP contribution in [0.1, 0.15) is 11.1 Å². The predicted octanol–water partition coefficient (Wildman–Crippen LogP) is 2.54. The van der Waals surface area contributed by atoms with Gasteiger partial charge in [-0.25, -0.2) is 10.1 Å². The second-order valence-electron chi connectivity index (χ2n) is 6.74. The van der Waals surface area contributed by atoms with Crippen LogP contribution in [0.2, 0.25) is 0 Å². The van der Waals surface area contributed by atoms with Gasteiger partial charge in [-0.1, -0.05) is 36.0 Å². The number of carbonyl (C=O) groups is 1. The van der Waals surface area contributed by atoms with E-state index in [1.165, 1.54) is 16.4 Å². The molecule has 30 heavy (non-hydrogen) atoms. The van der Waals surface area contributed by atoms with E-state index in [1.54, 1.807) is 6.21 Å². The SMILES string of the molecule is Cc1cccc(NC(=O)CSc2nnc(N/N=C/c3ccc(N(C)C)cc3)n2N)c1. The Labute approximate surface area is 179 Å². The van der Waals surface area contributed by atoms with Crippen molar-refractivity contribution in [2.45, 2.75) is 12.1 Å². The zero-order valence-electron chi connectivity index (χ0n) is 17.0. The Morgan fingerprint density at radius 2 is 2.00 bits per heavy atom. The lowest BCUT2D eigenvalue weighted by Gasteiger charge is -2.11. The van der Waals surface area contributed by atoms with Gasteiger partial charge in [0.25, 0.3) is 5.95 Å². The molecule has 1 aromatic heterocycles. The van der Waals surface area contributed by atoms with E-state index >= 15 is 0 Å². The number of anilines is 3. The topological polar surface area (TPSA) is 113 Å². The summed E-state index contributed by atoms with van der Waals surface area (Å²) in [5.74, 6) is 6.27. The van der Waals surface area contributed by atoms with E-state index in [-0.39, 0.29) is 17.6 Å². The van der Waals surface area contributed by atoms with Crippen molar-refractivity contribution in [2.24, 2.45) is 5.10 Å². The molecule has 1 heterocycles. The van der Waals surface area contributed by atoms with Crippen LogP contribution >= 0.6 is 11.8 Å². The molecule has 3 rings (SSSR count). The van der Waals surface area contributed by atoms with Crippen molar-refractivity contribution in [1.29, 1.82) is 0 Å². The minimum Gasteiger partial charge on any atom is -0.378 e. The van der Waals surface area contributed by atoms with E-state index in [1.807, 2.05) is 74.4 Å². The van der Waals surface area contributed by atoms with Gasteiger partial charge in [0.1, 0.15) is 0 Å². The van der Waals surface area contributed by atoms with Crippen LogP contribution in [0.5, 0.6) is 0 Å². The van der Waals surface area contributed by atoms with Gasteiger partial charge in [-0.2, -0.15) is 5.10 Å². The van der Waals surface area contributed by atoms with Crippen molar-refractivity contribution in [1.82, 2.24) is 14.9 Å². The Morgan fingerprint density at radius 3 is 2.70 bits per heavy atom. The number of benzene rings is 2. The van der Waals surface area contributed by atoms with E-state index in [2.05, 4.69) is 26.0 Å². The Bertz CT molecular complexity index is 1030. The van der Waals surface area contributed by atoms with Crippen molar-refractivity contribution in [3.63, 3.8) is 0 Å². The van der Waals surface area contributed by atoms with Crippen molar-refractivity contribution in [3.8, 4) is 0 Å². The fourth-order valence-corrected chi connectivity index (χ4v) is 3.18. The first-order valence-corrected chi connectivity index (χ1v) is 10.2. The number of aromatic nitrogens is 3. The third-order valence-electron chi connectivity index (χ3n) is 4.09. The van der Waals surface area contributed by atoms with Crippen LogP contribution in [-0.4, -0.2) is 46.8 Å². The first-order chi connectivity index (χ1) is 14.4. The minimum absolute atomic E-state index is 0.151. The summed E-state index contributed by atoms with van der Waals surface area (Å²) >= 11 is 1.19. The second kappa shape index (κ2) is 9.79. The van der Waals surface area contributed by atoms with E-state index < -0.39 is 0 Å². The summed E-state index contributed by atoms with van der Waals surface area (Å²) in [6.45, 7) is 1.97. The highest BCUT2D eigenvalue weighted by molar-refractivity contribution is 7.99. The van der Waals surface area contributed by atoms with Gasteiger partial charge in [0.15, 0.2) is 0 Å². The lowest BCUT2D eigenvalue weighted by molar-refractivity contribution is -0.113. The number of carbonyl (C=O) groups excluding carboxylic acids is 1. The predicted molar refractivity (Wildman–Crippen MR) is 123 cm³/mol. The van der Waals surface area contributed by atoms with Gasteiger partial charge in [-0.3, -0.25) is 4.79 Å². The van der Waals surface area contributed by atoms with Crippen LogP contribution in [-0.2, 0) is 4.79 Å². The van der Waals surface area contributed by atoms with Gasteiger partial charge >= 0.3 is 0 Å². The maximum atomic E-state index is 12.1. The number of nitrogen functional groups attached to an aromatic ring is 1. The summed E-state index contributed by atoms with van der Waals surface area (Å²) < 4.78 is 1.26. The molecule has 0 saturated heterocycles. The number of rotatable bonds is 8. The van der Waals surface area contributed by atoms with Crippen molar-refractivity contribution in [3.05, 3.63) is 59.7 Å². The van der Waals surface area contributed by atoms with Crippen LogP contribution in [0.4, 0.5) is 17.3 Å². The van der Waals surface area contributed by atoms with Crippen LogP contribution in [0.3, 0.4) is 0 Å². The summed E-state index contributed by atoms with van der Waals surface area (Å²) in [4.78, 5) is 14.2. The number of hydrogen-bond donors (Lipinski definition) is 3. The number of nitrogens with two attached hydrogens (primary N) is 1. The van der Waals surface area contributed by atoms with Gasteiger partial charge in [0.05, 0.1) is 12.0 Å². The number of hydrogen-bond acceptors (Lipinski definition) is 8. The average molecular weight is 425 g/mol. The summed E-state index contributed by atoms with van der Waals surface area (Å²) in [5, 5.41) is 15.3. The molecule has 0 fully saturated rings. The molecule has 156 valence electrons. The molecule has 0 aliphatic carbocycles. The molecular formula is C20H24N8OS. The number of nitrogens with one attached hydrogen (secondary N) is 2. The average Bonchev–Trinajstić information content (AvgIpc) is 3.06. The lowest BCUT2D eigenvalue weighted by Crippen LogP contribution is -2.16. The Hall–Kier alpha value is -3.53. The Balaban J connectivity index is 1.52. The molecular weight excluding hydrogens is 400 g/mol. The summed E-state index contributed by atoms with van der Waals surface area (Å²) in [6, 6.07) is 15.5. The van der Waals surface area contributed by atoms with E-state index in [4.69, 9.17) is 5.84 Å². The fraction of sp³-hybridized carbons (Fsp3) is 0.200. The normalized spacial score (nSPS) is 10.9. The third kappa shape index (κ3) is 5.74. The zero-order chi connectivity index (χ0) is 21.5. The number of aryl methyl sites for hydroxylation is 1. The molecule has 0 atom stereocenters. The first-order valence-electron chi connectivity index (χ1n) is 9.18. The molecule has 0 spiro atoms. The standard InChI is InChI=1S/C20H24N8OS/c1-14-5-4-6-16(11-14)23-18(29)13-30-20-26-25-19(28(20)21)24-22-12-15-7-9-17(10-8-15)27(2)3/h4-12H,13,21H2,1-3H3,(H,23,29)(H,24,25)/b22-12+. The molecule has 1 amide bonds. The molecule has 3 aromatic rings. The molecule has 2 aromatic carbocycles. The molecule has 9 nitrogen and oxygen atoms in total. The molecule has 4 N–H and O–H groups in total. The van der Waals surface area contributed by atoms with E-state index in [0.29, 0.717) is 5.16 Å². The smallest absolute Gasteiger partial charge is 0.264 e. The van der Waals surface area contributed by atoms with Gasteiger partial charge in [-0.05, 0) is 42.3 Å². The monoisotopic (exact) mass is 424 g/mol. The quantitative estimate of drug-likeness (QED) is 0.220. The molecule has 0 radical (unpaired) electrons. The summed E-state index contributed by atoms with van der Waals surface area (Å²) in [7, 11) is 3.97. The van der Waals surface area contributed by atoms with Gasteiger partial charge in [0, 0.05) is 25.5 Å². The van der Waals surface area contributed by atoms with Crippen molar-refractivity contribution >= 4 is 41.2 Å². The zero-order valence-corrected chi connectivity index (χ0v) is 17.8. The maximum absolute atomic E-state index is 12.1. The fourth-order valence-electron chi connectivity index (χ4n) is 2.52. The van der Waals surface area contributed by atoms with Crippen molar-refractivity contribution in [2.75, 3.05) is 41.3 Å². The maximum Gasteiger partial charge on any atom is 0.264 e. The molecule has 0 unspecified atom stereocenters. The van der Waals surface area contributed by atoms with Crippen LogP contribution in [0.25, 0.3) is 0 Å². The Kier molecular flexibility index (Phi) is 6.91. The van der Waals surface area contributed by atoms with Crippen molar-refractivity contribution < 1.29 is 4.79 Å². The molecule has 0 bridgehead atoms. The first kappa shape index (κ1) is 21.2. The second-order valence-corrected chi connectivity index (χ2v) is 7.68. The molecule has 0 aliphatic heterocycles. The van der Waals surface area contributed by atoms with E-state index in [0.717, 1.165) is 22.5 Å².